The Labute approximate surface area is 106 Å². The highest BCUT2D eigenvalue weighted by Gasteiger charge is 2.10. The molecule has 18 heavy (non-hydrogen) atoms. The molecule has 2 heteroatoms. The lowest BCUT2D eigenvalue weighted by molar-refractivity contribution is -0.104. The van der Waals surface area contributed by atoms with E-state index in [-0.39, 0.29) is 0 Å². The van der Waals surface area contributed by atoms with E-state index < -0.39 is 0 Å². The minimum atomic E-state index is 0.542. The summed E-state index contributed by atoms with van der Waals surface area (Å²) in [4.78, 5) is 15.5. The molecule has 0 aliphatic heterocycles. The van der Waals surface area contributed by atoms with Crippen LogP contribution in [0.2, 0.25) is 0 Å². The number of hydrogen-bond donors (Lipinski definition) is 0. The minimum absolute atomic E-state index is 0.542. The number of nitrogens with zero attached hydrogens (tertiary/aromatic N) is 1. The average molecular weight is 235 g/mol. The van der Waals surface area contributed by atoms with Crippen molar-refractivity contribution in [3.8, 4) is 0 Å². The Morgan fingerprint density at radius 1 is 1.06 bits per heavy atom. The molecular formula is C16H13NO. The SMILES string of the molecule is C=CC(C=O)=C(c1ccccc1)c1ccccn1. The van der Waals surface area contributed by atoms with Crippen molar-refractivity contribution in [2.24, 2.45) is 0 Å². The van der Waals surface area contributed by atoms with Gasteiger partial charge in [0.2, 0.25) is 0 Å². The fraction of sp³-hybridized carbons (Fsp3) is 0. The van der Waals surface area contributed by atoms with Gasteiger partial charge >= 0.3 is 0 Å². The Bertz CT molecular complexity index is 519. The van der Waals surface area contributed by atoms with E-state index in [0.717, 1.165) is 23.1 Å². The van der Waals surface area contributed by atoms with E-state index in [2.05, 4.69) is 11.6 Å². The van der Waals surface area contributed by atoms with Gasteiger partial charge in [-0.05, 0) is 17.7 Å². The molecule has 0 N–H and O–H groups in total. The van der Waals surface area contributed by atoms with Gasteiger partial charge in [0.15, 0.2) is 6.29 Å². The number of allylic oxidation sites excluding steroid dienone is 2. The first-order valence-electron chi connectivity index (χ1n) is 5.65. The summed E-state index contributed by atoms with van der Waals surface area (Å²) in [5.41, 5.74) is 3.07. The third-order valence-corrected chi connectivity index (χ3v) is 2.62. The van der Waals surface area contributed by atoms with Crippen molar-refractivity contribution in [3.05, 3.63) is 84.2 Å². The third-order valence-electron chi connectivity index (χ3n) is 2.62. The quantitative estimate of drug-likeness (QED) is 0.462. The summed E-state index contributed by atoms with van der Waals surface area (Å²) in [7, 11) is 0. The van der Waals surface area contributed by atoms with Gasteiger partial charge in [-0.3, -0.25) is 9.78 Å². The second-order valence-corrected chi connectivity index (χ2v) is 3.73. The fourth-order valence-corrected chi connectivity index (χ4v) is 1.79. The predicted molar refractivity (Wildman–Crippen MR) is 73.0 cm³/mol. The second kappa shape index (κ2) is 5.73. The van der Waals surface area contributed by atoms with E-state index in [9.17, 15) is 4.79 Å². The molecule has 2 rings (SSSR count). The normalized spacial score (nSPS) is 11.6. The number of rotatable bonds is 4. The van der Waals surface area contributed by atoms with Gasteiger partial charge in [-0.2, -0.15) is 0 Å². The Hall–Kier alpha value is -2.48. The highest BCUT2D eigenvalue weighted by atomic mass is 16.1. The lowest BCUT2D eigenvalue weighted by Gasteiger charge is -2.09. The highest BCUT2D eigenvalue weighted by molar-refractivity contribution is 5.96. The van der Waals surface area contributed by atoms with E-state index >= 15 is 0 Å². The predicted octanol–water partition coefficient (Wildman–Crippen LogP) is 3.27. The summed E-state index contributed by atoms with van der Waals surface area (Å²) in [6.07, 6.45) is 4.08. The number of hydrogen-bond acceptors (Lipinski definition) is 2. The van der Waals surface area contributed by atoms with Crippen molar-refractivity contribution < 1.29 is 4.79 Å². The molecule has 0 spiro atoms. The molecule has 0 aliphatic carbocycles. The number of aldehydes is 1. The second-order valence-electron chi connectivity index (χ2n) is 3.73. The number of aromatic nitrogens is 1. The molecule has 0 aliphatic rings. The van der Waals surface area contributed by atoms with E-state index in [1.54, 1.807) is 12.3 Å². The smallest absolute Gasteiger partial charge is 0.150 e. The molecule has 0 amide bonds. The van der Waals surface area contributed by atoms with Crippen LogP contribution in [0, 0.1) is 0 Å². The van der Waals surface area contributed by atoms with Crippen LogP contribution in [-0.4, -0.2) is 11.3 Å². The maximum absolute atomic E-state index is 11.2. The summed E-state index contributed by atoms with van der Waals surface area (Å²) in [5.74, 6) is 0. The zero-order chi connectivity index (χ0) is 12.8. The highest BCUT2D eigenvalue weighted by Crippen LogP contribution is 2.24. The molecule has 1 aromatic heterocycles. The zero-order valence-corrected chi connectivity index (χ0v) is 9.91. The van der Waals surface area contributed by atoms with Gasteiger partial charge in [0, 0.05) is 17.3 Å². The molecule has 0 radical (unpaired) electrons. The van der Waals surface area contributed by atoms with Crippen molar-refractivity contribution >= 4 is 11.9 Å². The van der Waals surface area contributed by atoms with Crippen LogP contribution in [0.1, 0.15) is 11.3 Å². The standard InChI is InChI=1S/C16H13NO/c1-2-13(12-18)16(14-8-4-3-5-9-14)15-10-6-7-11-17-15/h2-12H,1H2. The molecule has 0 saturated heterocycles. The number of carbonyl (C=O) groups excluding carboxylic acids is 1. The fourth-order valence-electron chi connectivity index (χ4n) is 1.79. The summed E-state index contributed by atoms with van der Waals surface area (Å²) < 4.78 is 0. The monoisotopic (exact) mass is 235 g/mol. The molecule has 1 heterocycles. The van der Waals surface area contributed by atoms with Crippen molar-refractivity contribution in [1.29, 1.82) is 0 Å². The lowest BCUT2D eigenvalue weighted by atomic mass is 9.97. The maximum Gasteiger partial charge on any atom is 0.150 e. The van der Waals surface area contributed by atoms with E-state index in [4.69, 9.17) is 0 Å². The van der Waals surface area contributed by atoms with Crippen molar-refractivity contribution in [1.82, 2.24) is 4.98 Å². The van der Waals surface area contributed by atoms with Crippen LogP contribution in [0.5, 0.6) is 0 Å². The molecule has 0 bridgehead atoms. The minimum Gasteiger partial charge on any atom is -0.298 e. The van der Waals surface area contributed by atoms with Crippen LogP contribution in [-0.2, 0) is 4.79 Å². The van der Waals surface area contributed by atoms with Gasteiger partial charge in [-0.1, -0.05) is 49.1 Å². The summed E-state index contributed by atoms with van der Waals surface area (Å²) in [5, 5.41) is 0. The Morgan fingerprint density at radius 3 is 2.33 bits per heavy atom. The van der Waals surface area contributed by atoms with Gasteiger partial charge in [0.1, 0.15) is 0 Å². The van der Waals surface area contributed by atoms with Crippen LogP contribution >= 0.6 is 0 Å². The van der Waals surface area contributed by atoms with Gasteiger partial charge in [-0.25, -0.2) is 0 Å². The van der Waals surface area contributed by atoms with Crippen LogP contribution in [0.4, 0.5) is 0 Å². The van der Waals surface area contributed by atoms with Crippen LogP contribution in [0.25, 0.3) is 5.57 Å². The molecular weight excluding hydrogens is 222 g/mol. The van der Waals surface area contributed by atoms with E-state index in [0.29, 0.717) is 5.57 Å². The third kappa shape index (κ3) is 2.43. The van der Waals surface area contributed by atoms with Gasteiger partial charge in [0.25, 0.3) is 0 Å². The van der Waals surface area contributed by atoms with Crippen LogP contribution in [0.15, 0.2) is 73.0 Å². The number of carbonyl (C=O) groups is 1. The molecule has 0 atom stereocenters. The number of pyridine rings is 1. The Balaban J connectivity index is 2.67. The molecule has 0 saturated carbocycles. The van der Waals surface area contributed by atoms with E-state index in [1.807, 2.05) is 48.5 Å². The molecule has 88 valence electrons. The summed E-state index contributed by atoms with van der Waals surface area (Å²) in [6, 6.07) is 15.3. The first kappa shape index (κ1) is 12.0. The van der Waals surface area contributed by atoms with Crippen molar-refractivity contribution in [3.63, 3.8) is 0 Å². The van der Waals surface area contributed by atoms with Crippen LogP contribution in [0.3, 0.4) is 0 Å². The van der Waals surface area contributed by atoms with E-state index in [1.165, 1.54) is 0 Å². The molecule has 0 unspecified atom stereocenters. The molecule has 2 aromatic rings. The van der Waals surface area contributed by atoms with Crippen molar-refractivity contribution in [2.45, 2.75) is 0 Å². The van der Waals surface area contributed by atoms with Gasteiger partial charge in [-0.15, -0.1) is 0 Å². The summed E-state index contributed by atoms with van der Waals surface area (Å²) in [6.45, 7) is 3.69. The first-order chi connectivity index (χ1) is 8.86. The lowest BCUT2D eigenvalue weighted by Crippen LogP contribution is -1.96. The average Bonchev–Trinajstić information content (AvgIpc) is 2.46. The molecule has 1 aromatic carbocycles. The van der Waals surface area contributed by atoms with Gasteiger partial charge in [0.05, 0.1) is 5.69 Å². The first-order valence-corrected chi connectivity index (χ1v) is 5.65. The number of benzene rings is 1. The maximum atomic E-state index is 11.2. The van der Waals surface area contributed by atoms with Crippen molar-refractivity contribution in [2.75, 3.05) is 0 Å². The zero-order valence-electron chi connectivity index (χ0n) is 9.91. The topological polar surface area (TPSA) is 30.0 Å². The Morgan fingerprint density at radius 2 is 1.78 bits per heavy atom. The van der Waals surface area contributed by atoms with Gasteiger partial charge < -0.3 is 0 Å². The summed E-state index contributed by atoms with van der Waals surface area (Å²) >= 11 is 0. The largest absolute Gasteiger partial charge is 0.298 e. The van der Waals surface area contributed by atoms with Crippen LogP contribution < -0.4 is 0 Å². The Kier molecular flexibility index (Phi) is 3.82. The molecule has 2 nitrogen and oxygen atoms in total. The molecule has 0 fully saturated rings.